The highest BCUT2D eigenvalue weighted by atomic mass is 16.6. The van der Waals surface area contributed by atoms with Gasteiger partial charge < -0.3 is 39.8 Å². The van der Waals surface area contributed by atoms with Crippen LogP contribution in [0.2, 0.25) is 0 Å². The molecule has 0 spiro atoms. The molecule has 3 N–H and O–H groups in total. The van der Waals surface area contributed by atoms with E-state index in [-0.39, 0.29) is 48.1 Å². The van der Waals surface area contributed by atoms with Crippen molar-refractivity contribution in [3.63, 3.8) is 0 Å². The molecular formula is C45H71N5O9. The van der Waals surface area contributed by atoms with E-state index in [2.05, 4.69) is 10.6 Å². The average Bonchev–Trinajstić information content (AvgIpc) is 3.96. The number of carbonyl (C=O) groups is 5. The van der Waals surface area contributed by atoms with Gasteiger partial charge in [0.25, 0.3) is 0 Å². The summed E-state index contributed by atoms with van der Waals surface area (Å²) in [5, 5.41) is 16.8. The van der Waals surface area contributed by atoms with E-state index in [9.17, 15) is 29.1 Å². The molecular weight excluding hydrogens is 755 g/mol. The molecule has 0 radical (unpaired) electrons. The summed E-state index contributed by atoms with van der Waals surface area (Å²) in [6.07, 6.45) is 2.68. The Labute approximate surface area is 351 Å². The van der Waals surface area contributed by atoms with Crippen LogP contribution in [0.3, 0.4) is 0 Å². The number of hydrogen-bond acceptors (Lipinski definition) is 9. The molecule has 11 atom stereocenters. The van der Waals surface area contributed by atoms with Crippen molar-refractivity contribution in [2.45, 2.75) is 161 Å². The number of fused-ring (bicyclic) bond motifs is 1. The van der Waals surface area contributed by atoms with Crippen molar-refractivity contribution in [3.8, 4) is 0 Å². The van der Waals surface area contributed by atoms with Crippen LogP contribution in [0, 0.1) is 17.8 Å². The molecule has 59 heavy (non-hydrogen) atoms. The van der Waals surface area contributed by atoms with Crippen molar-refractivity contribution in [2.75, 3.05) is 27.8 Å². The molecule has 1 fully saturated rings. The SMILES string of the molecule is CC[C@H](C)[C@@H]([C@@H](CC(=O)N1CCC[C@H]1[C@H](OC)[C@@H](C)C(=O)N[C@H](C)[C@@H](O)c1ccccc1)OC)N(C)C(=O)[C@@H](NC(=O)[C@@H]1C2=C[C@@H](CC2)N1C(=O)OC(C)(C)C)C(C)C. The van der Waals surface area contributed by atoms with Crippen LogP contribution in [-0.2, 0) is 33.4 Å². The predicted molar refractivity (Wildman–Crippen MR) is 225 cm³/mol. The number of methoxy groups -OCH3 is 2. The van der Waals surface area contributed by atoms with Crippen molar-refractivity contribution >= 4 is 29.7 Å². The molecule has 1 saturated heterocycles. The first-order valence-electron chi connectivity index (χ1n) is 21.4. The van der Waals surface area contributed by atoms with Gasteiger partial charge in [0.1, 0.15) is 17.7 Å². The quantitative estimate of drug-likeness (QED) is 0.173. The number of likely N-dealkylation sites (N-methyl/N-ethyl adjacent to an activating group) is 1. The van der Waals surface area contributed by atoms with E-state index in [0.29, 0.717) is 31.4 Å². The Bertz CT molecular complexity index is 1650. The molecule has 5 amide bonds. The molecule has 2 heterocycles. The van der Waals surface area contributed by atoms with Gasteiger partial charge in [-0.2, -0.15) is 0 Å². The molecule has 0 saturated carbocycles. The van der Waals surface area contributed by atoms with Gasteiger partial charge in [0.15, 0.2) is 0 Å². The summed E-state index contributed by atoms with van der Waals surface area (Å²) in [4.78, 5) is 74.6. The number of rotatable bonds is 18. The Kier molecular flexibility index (Phi) is 16.6. The summed E-state index contributed by atoms with van der Waals surface area (Å²) in [5.74, 6) is -2.21. The minimum Gasteiger partial charge on any atom is -0.444 e. The van der Waals surface area contributed by atoms with Gasteiger partial charge >= 0.3 is 6.09 Å². The molecule has 2 bridgehead atoms. The smallest absolute Gasteiger partial charge is 0.411 e. The number of likely N-dealkylation sites (tertiary alicyclic amines) is 2. The molecule has 0 aromatic heterocycles. The van der Waals surface area contributed by atoms with Crippen LogP contribution in [0.1, 0.15) is 113 Å². The number of aliphatic hydroxyl groups excluding tert-OH is 1. The fourth-order valence-corrected chi connectivity index (χ4v) is 9.04. The number of aliphatic hydroxyl groups is 1. The van der Waals surface area contributed by atoms with Gasteiger partial charge in [-0.3, -0.25) is 24.1 Å². The summed E-state index contributed by atoms with van der Waals surface area (Å²) < 4.78 is 17.7. The second-order valence-corrected chi connectivity index (χ2v) is 18.1. The van der Waals surface area contributed by atoms with Crippen molar-refractivity contribution in [3.05, 3.63) is 47.5 Å². The van der Waals surface area contributed by atoms with Crippen molar-refractivity contribution < 1.29 is 43.3 Å². The number of nitrogens with zero attached hydrogens (tertiary/aromatic N) is 3. The third kappa shape index (κ3) is 11.2. The summed E-state index contributed by atoms with van der Waals surface area (Å²) in [6.45, 7) is 17.1. The van der Waals surface area contributed by atoms with E-state index in [4.69, 9.17) is 14.2 Å². The second kappa shape index (κ2) is 20.5. The van der Waals surface area contributed by atoms with E-state index in [1.54, 1.807) is 65.7 Å². The minimum absolute atomic E-state index is 0.0158. The predicted octanol–water partition coefficient (Wildman–Crippen LogP) is 4.99. The monoisotopic (exact) mass is 826 g/mol. The van der Waals surface area contributed by atoms with Gasteiger partial charge in [0, 0.05) is 27.8 Å². The highest BCUT2D eigenvalue weighted by Gasteiger charge is 2.49. The Morgan fingerprint density at radius 3 is 2.20 bits per heavy atom. The van der Waals surface area contributed by atoms with Gasteiger partial charge in [-0.15, -0.1) is 0 Å². The van der Waals surface area contributed by atoms with Crippen LogP contribution < -0.4 is 10.6 Å². The van der Waals surface area contributed by atoms with Crippen LogP contribution in [0.5, 0.6) is 0 Å². The van der Waals surface area contributed by atoms with Gasteiger partial charge in [-0.25, -0.2) is 4.79 Å². The van der Waals surface area contributed by atoms with E-state index < -0.39 is 66.0 Å². The molecule has 2 aliphatic heterocycles. The number of amides is 5. The average molecular weight is 826 g/mol. The molecule has 330 valence electrons. The first-order valence-corrected chi connectivity index (χ1v) is 21.4. The second-order valence-electron chi connectivity index (χ2n) is 18.1. The molecule has 14 heteroatoms. The van der Waals surface area contributed by atoms with Crippen LogP contribution in [0.4, 0.5) is 4.79 Å². The maximum Gasteiger partial charge on any atom is 0.411 e. The fourth-order valence-electron chi connectivity index (χ4n) is 9.04. The zero-order chi connectivity index (χ0) is 43.9. The molecule has 0 unspecified atom stereocenters. The number of nitrogens with one attached hydrogen (secondary N) is 2. The first-order chi connectivity index (χ1) is 27.8. The molecule has 4 rings (SSSR count). The molecule has 1 aromatic rings. The highest BCUT2D eigenvalue weighted by molar-refractivity contribution is 5.94. The van der Waals surface area contributed by atoms with Crippen molar-refractivity contribution in [1.29, 1.82) is 0 Å². The molecule has 1 aromatic carbocycles. The van der Waals surface area contributed by atoms with Crippen LogP contribution in [0.25, 0.3) is 0 Å². The maximum absolute atomic E-state index is 14.5. The summed E-state index contributed by atoms with van der Waals surface area (Å²) in [7, 11) is 4.78. The number of carbonyl (C=O) groups excluding carboxylic acids is 5. The van der Waals surface area contributed by atoms with Crippen LogP contribution in [0.15, 0.2) is 42.0 Å². The fraction of sp³-hybridized carbons (Fsp3) is 0.711. The lowest BCUT2D eigenvalue weighted by atomic mass is 9.89. The van der Waals surface area contributed by atoms with Crippen molar-refractivity contribution in [1.82, 2.24) is 25.3 Å². The lowest BCUT2D eigenvalue weighted by Crippen LogP contribution is -2.60. The zero-order valence-electron chi connectivity index (χ0n) is 37.4. The Hall–Kier alpha value is -4.01. The molecule has 14 nitrogen and oxygen atoms in total. The maximum atomic E-state index is 14.5. The van der Waals surface area contributed by atoms with E-state index in [1.165, 1.54) is 4.90 Å². The van der Waals surface area contributed by atoms with Gasteiger partial charge in [-0.1, -0.05) is 77.4 Å². The number of hydrogen-bond donors (Lipinski definition) is 3. The Morgan fingerprint density at radius 1 is 0.966 bits per heavy atom. The van der Waals surface area contributed by atoms with E-state index in [1.807, 2.05) is 64.1 Å². The lowest BCUT2D eigenvalue weighted by Gasteiger charge is -2.41. The van der Waals surface area contributed by atoms with E-state index >= 15 is 0 Å². The third-order valence-electron chi connectivity index (χ3n) is 12.4. The Morgan fingerprint density at radius 2 is 1.63 bits per heavy atom. The highest BCUT2D eigenvalue weighted by Crippen LogP contribution is 2.38. The third-order valence-corrected chi connectivity index (χ3v) is 12.4. The summed E-state index contributed by atoms with van der Waals surface area (Å²) in [6, 6.07) is 5.69. The largest absolute Gasteiger partial charge is 0.444 e. The standard InChI is InChI=1S/C45H71N5O9/c1-13-27(4)37(48(10)43(55)36(26(2)3)47-42(54)38-31-21-22-32(24-31)50(38)44(56)59-45(7,8)9)34(57-11)25-35(51)49-23-17-20-33(49)40(58-12)28(5)41(53)46-29(6)39(52)30-18-15-14-16-19-30/h14-16,18-19,24,26-29,32-34,36-40,52H,13,17,20-23,25H2,1-12H3,(H,46,53)(H,47,54)/t27-,28+,29+,32+,33-,34+,36-,37-,38-,39+,40+/m0/s1. The lowest BCUT2D eigenvalue weighted by molar-refractivity contribution is -0.148. The van der Waals surface area contributed by atoms with Crippen LogP contribution >= 0.6 is 0 Å². The van der Waals surface area contributed by atoms with Crippen molar-refractivity contribution in [2.24, 2.45) is 17.8 Å². The summed E-state index contributed by atoms with van der Waals surface area (Å²) >= 11 is 0. The normalized spacial score (nSPS) is 23.1. The molecule has 3 aliphatic rings. The number of benzene rings is 1. The number of ether oxygens (including phenoxy) is 3. The molecule has 1 aliphatic carbocycles. The first kappa shape index (κ1) is 47.7. The van der Waals surface area contributed by atoms with E-state index in [0.717, 1.165) is 18.4 Å². The summed E-state index contributed by atoms with van der Waals surface area (Å²) in [5.41, 5.74) is 0.806. The zero-order valence-corrected chi connectivity index (χ0v) is 37.4. The Balaban J connectivity index is 1.47. The van der Waals surface area contributed by atoms with Gasteiger partial charge in [0.2, 0.25) is 23.6 Å². The van der Waals surface area contributed by atoms with Crippen LogP contribution in [-0.4, -0.2) is 131 Å². The topological polar surface area (TPSA) is 167 Å². The van der Waals surface area contributed by atoms with Gasteiger partial charge in [-0.05, 0) is 76.4 Å². The van der Waals surface area contributed by atoms with Gasteiger partial charge in [0.05, 0.1) is 54.8 Å². The number of piperidine rings is 1. The minimum atomic E-state index is -0.915.